The van der Waals surface area contributed by atoms with Gasteiger partial charge in [0, 0.05) is 5.56 Å². The zero-order valence-electron chi connectivity index (χ0n) is 16.0. The fourth-order valence-electron chi connectivity index (χ4n) is 3.40. The first-order valence-electron chi connectivity index (χ1n) is 10.0. The van der Waals surface area contributed by atoms with Crippen molar-refractivity contribution in [3.63, 3.8) is 0 Å². The molecule has 1 radical (unpaired) electrons. The highest BCUT2D eigenvalue weighted by Gasteiger charge is 2.17. The van der Waals surface area contributed by atoms with Crippen LogP contribution in [0.3, 0.4) is 0 Å². The Morgan fingerprint density at radius 1 is 0.609 bits per heavy atom. The fraction of sp³-hybridized carbons (Fsp3) is 0.727. The van der Waals surface area contributed by atoms with Gasteiger partial charge < -0.3 is 0 Å². The standard InChI is InChI=1S/C22H37O/c1-5-9-13-18-17-22(23)21(16-12-8-4)20(15-11-7-3)19(18)14-10-6-2/h17H,5-16H2,1-4H3. The van der Waals surface area contributed by atoms with Crippen LogP contribution in [-0.2, 0) is 30.8 Å². The molecule has 0 spiro atoms. The topological polar surface area (TPSA) is 19.9 Å². The van der Waals surface area contributed by atoms with Crippen molar-refractivity contribution in [3.8, 4) is 5.75 Å². The molecule has 1 rings (SSSR count). The first-order chi connectivity index (χ1) is 11.2. The van der Waals surface area contributed by atoms with Gasteiger partial charge in [0.25, 0.3) is 0 Å². The molecule has 1 nitrogen and oxygen atoms in total. The second-order valence-corrected chi connectivity index (χ2v) is 6.88. The predicted molar refractivity (Wildman–Crippen MR) is 101 cm³/mol. The maximum Gasteiger partial charge on any atom is 0.182 e. The molecule has 1 aromatic rings. The summed E-state index contributed by atoms with van der Waals surface area (Å²) in [5, 5.41) is 12.7. The zero-order valence-corrected chi connectivity index (χ0v) is 16.0. The van der Waals surface area contributed by atoms with Gasteiger partial charge in [-0.1, -0.05) is 53.4 Å². The Labute approximate surface area is 144 Å². The SMILES string of the molecule is CCCCc1cc([O])c(CCCC)c(CCCC)c1CCCC. The molecule has 0 fully saturated rings. The maximum atomic E-state index is 12.7. The Bertz CT molecular complexity index is 448. The number of aryl methyl sites for hydroxylation is 1. The second-order valence-electron chi connectivity index (χ2n) is 6.88. The number of hydrogen-bond acceptors (Lipinski definition) is 0. The molecule has 0 aliphatic heterocycles. The average Bonchev–Trinajstić information content (AvgIpc) is 2.56. The largest absolute Gasteiger partial charge is 0.290 e. The van der Waals surface area contributed by atoms with E-state index in [-0.39, 0.29) is 0 Å². The van der Waals surface area contributed by atoms with E-state index in [1.54, 1.807) is 5.56 Å². The van der Waals surface area contributed by atoms with Gasteiger partial charge in [-0.2, -0.15) is 0 Å². The molecule has 0 aliphatic rings. The first kappa shape index (κ1) is 20.1. The van der Waals surface area contributed by atoms with E-state index in [1.807, 2.05) is 6.07 Å². The summed E-state index contributed by atoms with van der Waals surface area (Å²) >= 11 is 0. The molecule has 0 unspecified atom stereocenters. The molecule has 131 valence electrons. The summed E-state index contributed by atoms with van der Waals surface area (Å²) in [6.45, 7) is 8.95. The van der Waals surface area contributed by atoms with Crippen LogP contribution in [0.5, 0.6) is 5.75 Å². The van der Waals surface area contributed by atoms with Crippen molar-refractivity contribution in [1.82, 2.24) is 0 Å². The summed E-state index contributed by atoms with van der Waals surface area (Å²) in [4.78, 5) is 0. The van der Waals surface area contributed by atoms with Gasteiger partial charge in [-0.15, -0.1) is 0 Å². The minimum atomic E-state index is 0.316. The monoisotopic (exact) mass is 317 g/mol. The Kier molecular flexibility index (Phi) is 10.1. The van der Waals surface area contributed by atoms with Gasteiger partial charge in [0.05, 0.1) is 0 Å². The highest BCUT2D eigenvalue weighted by molar-refractivity contribution is 5.49. The molecule has 0 N–H and O–H groups in total. The highest BCUT2D eigenvalue weighted by atomic mass is 16.3. The molecular weight excluding hydrogens is 280 g/mol. The average molecular weight is 318 g/mol. The van der Waals surface area contributed by atoms with Gasteiger partial charge in [0.1, 0.15) is 0 Å². The number of unbranched alkanes of at least 4 members (excludes halogenated alkanes) is 4. The van der Waals surface area contributed by atoms with E-state index < -0.39 is 0 Å². The van der Waals surface area contributed by atoms with Crippen LogP contribution in [-0.4, -0.2) is 0 Å². The molecule has 0 saturated heterocycles. The lowest BCUT2D eigenvalue weighted by molar-refractivity contribution is 0.347. The molecule has 1 aromatic carbocycles. The minimum Gasteiger partial charge on any atom is -0.290 e. The van der Waals surface area contributed by atoms with Crippen LogP contribution >= 0.6 is 0 Å². The molecular formula is C22H37O. The lowest BCUT2D eigenvalue weighted by Gasteiger charge is -2.20. The molecule has 0 bridgehead atoms. The first-order valence-corrected chi connectivity index (χ1v) is 10.0. The lowest BCUT2D eigenvalue weighted by atomic mass is 9.85. The third-order valence-corrected chi connectivity index (χ3v) is 4.86. The smallest absolute Gasteiger partial charge is 0.182 e. The maximum absolute atomic E-state index is 12.7. The quantitative estimate of drug-likeness (QED) is 0.388. The van der Waals surface area contributed by atoms with E-state index in [4.69, 9.17) is 0 Å². The van der Waals surface area contributed by atoms with Crippen molar-refractivity contribution in [2.75, 3.05) is 0 Å². The van der Waals surface area contributed by atoms with Crippen molar-refractivity contribution in [2.24, 2.45) is 0 Å². The third-order valence-electron chi connectivity index (χ3n) is 4.86. The Balaban J connectivity index is 3.26. The van der Waals surface area contributed by atoms with Gasteiger partial charge in [-0.3, -0.25) is 5.11 Å². The minimum absolute atomic E-state index is 0.316. The summed E-state index contributed by atoms with van der Waals surface area (Å²) in [5.74, 6) is 0.316. The van der Waals surface area contributed by atoms with E-state index in [0.29, 0.717) is 5.75 Å². The lowest BCUT2D eigenvalue weighted by Crippen LogP contribution is -2.06. The van der Waals surface area contributed by atoms with Crippen molar-refractivity contribution < 1.29 is 5.11 Å². The van der Waals surface area contributed by atoms with Gasteiger partial charge in [-0.05, 0) is 74.1 Å². The van der Waals surface area contributed by atoms with Crippen LogP contribution < -0.4 is 0 Å². The molecule has 0 saturated carbocycles. The molecule has 0 heterocycles. The van der Waals surface area contributed by atoms with Gasteiger partial charge in [0.15, 0.2) is 5.75 Å². The van der Waals surface area contributed by atoms with Crippen molar-refractivity contribution in [2.45, 2.75) is 105 Å². The van der Waals surface area contributed by atoms with E-state index >= 15 is 0 Å². The second kappa shape index (κ2) is 11.5. The van der Waals surface area contributed by atoms with E-state index in [2.05, 4.69) is 27.7 Å². The summed E-state index contributed by atoms with van der Waals surface area (Å²) in [7, 11) is 0. The summed E-state index contributed by atoms with van der Waals surface area (Å²) in [6.07, 6.45) is 13.9. The van der Waals surface area contributed by atoms with Crippen molar-refractivity contribution in [3.05, 3.63) is 28.3 Å². The molecule has 0 aromatic heterocycles. The van der Waals surface area contributed by atoms with E-state index in [0.717, 1.165) is 44.1 Å². The third kappa shape index (κ3) is 6.20. The molecule has 0 aliphatic carbocycles. The van der Waals surface area contributed by atoms with E-state index in [1.165, 1.54) is 49.7 Å². The molecule has 0 atom stereocenters. The van der Waals surface area contributed by atoms with Crippen LogP contribution in [0.2, 0.25) is 0 Å². The number of rotatable bonds is 12. The molecule has 23 heavy (non-hydrogen) atoms. The van der Waals surface area contributed by atoms with Crippen LogP contribution in [0.15, 0.2) is 6.07 Å². The molecule has 1 heteroatoms. The van der Waals surface area contributed by atoms with Gasteiger partial charge >= 0.3 is 0 Å². The Morgan fingerprint density at radius 2 is 1.04 bits per heavy atom. The molecule has 0 amide bonds. The fourth-order valence-corrected chi connectivity index (χ4v) is 3.40. The van der Waals surface area contributed by atoms with Crippen molar-refractivity contribution in [1.29, 1.82) is 0 Å². The normalized spacial score (nSPS) is 11.1. The van der Waals surface area contributed by atoms with Crippen LogP contribution in [0.4, 0.5) is 0 Å². The number of hydrogen-bond donors (Lipinski definition) is 0. The van der Waals surface area contributed by atoms with Crippen LogP contribution in [0.1, 0.15) is 101 Å². The summed E-state index contributed by atoms with van der Waals surface area (Å²) in [5.41, 5.74) is 5.48. The van der Waals surface area contributed by atoms with Gasteiger partial charge in [0.2, 0.25) is 0 Å². The summed E-state index contributed by atoms with van der Waals surface area (Å²) < 4.78 is 0. The van der Waals surface area contributed by atoms with Crippen LogP contribution in [0, 0.1) is 0 Å². The zero-order chi connectivity index (χ0) is 17.1. The Hall–Kier alpha value is -0.980. The van der Waals surface area contributed by atoms with Gasteiger partial charge in [-0.25, -0.2) is 0 Å². The summed E-state index contributed by atoms with van der Waals surface area (Å²) in [6, 6.07) is 1.99. The Morgan fingerprint density at radius 3 is 1.57 bits per heavy atom. The van der Waals surface area contributed by atoms with Crippen LogP contribution in [0.25, 0.3) is 0 Å². The van der Waals surface area contributed by atoms with E-state index in [9.17, 15) is 5.11 Å². The van der Waals surface area contributed by atoms with Crippen molar-refractivity contribution >= 4 is 0 Å². The predicted octanol–water partition coefficient (Wildman–Crippen LogP) is 7.20. The number of benzene rings is 1. The highest BCUT2D eigenvalue weighted by Crippen LogP contribution is 2.33.